The van der Waals surface area contributed by atoms with Gasteiger partial charge in [-0.1, -0.05) is 84.9 Å². The van der Waals surface area contributed by atoms with Crippen molar-refractivity contribution in [3.63, 3.8) is 0 Å². The number of aryl methyl sites for hydroxylation is 2. The Hall–Kier alpha value is -4.14. The number of hydrogen-bond acceptors (Lipinski definition) is 2. The number of benzene rings is 6. The molecule has 0 atom stereocenters. The SMILES string of the molecule is COc1cccc2c1sc1ccc(-c3c4ccccc4c(-c4ccccc4)c4ccc5c(c34)CCCC5)cc12. The van der Waals surface area contributed by atoms with Crippen molar-refractivity contribution in [2.45, 2.75) is 25.7 Å². The van der Waals surface area contributed by atoms with E-state index in [4.69, 9.17) is 4.74 Å². The maximum Gasteiger partial charge on any atom is 0.136 e. The van der Waals surface area contributed by atoms with Crippen molar-refractivity contribution in [1.82, 2.24) is 0 Å². The number of methoxy groups -OCH3 is 1. The summed E-state index contributed by atoms with van der Waals surface area (Å²) in [5.74, 6) is 0.951. The zero-order valence-electron chi connectivity index (χ0n) is 22.0. The van der Waals surface area contributed by atoms with E-state index < -0.39 is 0 Å². The first-order chi connectivity index (χ1) is 19.3. The average Bonchev–Trinajstić information content (AvgIpc) is 3.38. The highest BCUT2D eigenvalue weighted by atomic mass is 32.1. The number of hydrogen-bond donors (Lipinski definition) is 0. The standard InChI is InChI=1S/C37H28OS/c1-38-32-17-9-16-29-31-22-25(19-21-33(31)39-37(29)32)35-28-15-8-7-14-27(28)34(24-11-3-2-4-12-24)30-20-18-23-10-5-6-13-26(23)36(30)35/h2-4,7-9,11-12,14-22H,5-6,10,13H2,1H3. The van der Waals surface area contributed by atoms with Crippen molar-refractivity contribution < 1.29 is 4.74 Å². The highest BCUT2D eigenvalue weighted by Crippen LogP contribution is 2.48. The van der Waals surface area contributed by atoms with Crippen molar-refractivity contribution >= 4 is 53.1 Å². The molecule has 7 aromatic rings. The van der Waals surface area contributed by atoms with E-state index in [0.717, 1.165) is 12.2 Å². The number of ether oxygens (including phenoxy) is 1. The molecule has 0 saturated carbocycles. The lowest BCUT2D eigenvalue weighted by Gasteiger charge is -2.24. The predicted molar refractivity (Wildman–Crippen MR) is 168 cm³/mol. The molecule has 8 rings (SSSR count). The van der Waals surface area contributed by atoms with E-state index in [1.54, 1.807) is 12.7 Å². The molecule has 39 heavy (non-hydrogen) atoms. The van der Waals surface area contributed by atoms with Crippen LogP contribution in [0, 0.1) is 0 Å². The highest BCUT2D eigenvalue weighted by Gasteiger charge is 2.22. The Morgan fingerprint density at radius 1 is 0.590 bits per heavy atom. The molecule has 0 bridgehead atoms. The first kappa shape index (κ1) is 22.8. The molecule has 0 N–H and O–H groups in total. The summed E-state index contributed by atoms with van der Waals surface area (Å²) in [6, 6.07) is 38.3. The van der Waals surface area contributed by atoms with Crippen LogP contribution in [0.5, 0.6) is 5.75 Å². The smallest absolute Gasteiger partial charge is 0.136 e. The second-order valence-electron chi connectivity index (χ2n) is 10.6. The molecule has 1 heterocycles. The minimum atomic E-state index is 0.951. The van der Waals surface area contributed by atoms with Crippen LogP contribution in [0.4, 0.5) is 0 Å². The van der Waals surface area contributed by atoms with Crippen LogP contribution in [-0.2, 0) is 12.8 Å². The van der Waals surface area contributed by atoms with Gasteiger partial charge in [0.15, 0.2) is 0 Å². The molecule has 1 nitrogen and oxygen atoms in total. The quantitative estimate of drug-likeness (QED) is 0.211. The van der Waals surface area contributed by atoms with Crippen LogP contribution in [0.3, 0.4) is 0 Å². The zero-order chi connectivity index (χ0) is 25.9. The van der Waals surface area contributed by atoms with E-state index >= 15 is 0 Å². The van der Waals surface area contributed by atoms with Crippen LogP contribution >= 0.6 is 11.3 Å². The maximum atomic E-state index is 5.72. The van der Waals surface area contributed by atoms with E-state index in [1.165, 1.54) is 88.8 Å². The van der Waals surface area contributed by atoms with Crippen LogP contribution in [0.1, 0.15) is 24.0 Å². The first-order valence-corrected chi connectivity index (χ1v) is 14.7. The van der Waals surface area contributed by atoms with Crippen LogP contribution in [0.25, 0.3) is 64.0 Å². The van der Waals surface area contributed by atoms with E-state index in [2.05, 4.69) is 103 Å². The van der Waals surface area contributed by atoms with Crippen molar-refractivity contribution in [3.05, 3.63) is 114 Å². The Bertz CT molecular complexity index is 2050. The maximum absolute atomic E-state index is 5.72. The molecular formula is C37H28OS. The Morgan fingerprint density at radius 3 is 2.21 bits per heavy atom. The largest absolute Gasteiger partial charge is 0.495 e. The molecule has 0 aliphatic heterocycles. The molecule has 0 fully saturated rings. The molecular weight excluding hydrogens is 492 g/mol. The fourth-order valence-corrected chi connectivity index (χ4v) is 8.00. The van der Waals surface area contributed by atoms with Gasteiger partial charge in [-0.05, 0) is 98.8 Å². The third-order valence-corrected chi connectivity index (χ3v) is 9.75. The van der Waals surface area contributed by atoms with E-state index in [1.807, 2.05) is 11.3 Å². The van der Waals surface area contributed by atoms with E-state index in [0.29, 0.717) is 0 Å². The van der Waals surface area contributed by atoms with Crippen molar-refractivity contribution in [2.24, 2.45) is 0 Å². The van der Waals surface area contributed by atoms with Gasteiger partial charge in [0.05, 0.1) is 11.8 Å². The van der Waals surface area contributed by atoms with Gasteiger partial charge in [0.2, 0.25) is 0 Å². The van der Waals surface area contributed by atoms with Crippen LogP contribution in [-0.4, -0.2) is 7.11 Å². The fourth-order valence-electron chi connectivity index (χ4n) is 6.83. The number of thiophene rings is 1. The second-order valence-corrected chi connectivity index (χ2v) is 11.7. The van der Waals surface area contributed by atoms with Crippen LogP contribution in [0.15, 0.2) is 103 Å². The van der Waals surface area contributed by atoms with Gasteiger partial charge in [0.25, 0.3) is 0 Å². The van der Waals surface area contributed by atoms with E-state index in [9.17, 15) is 0 Å². The molecule has 0 spiro atoms. The topological polar surface area (TPSA) is 9.23 Å². The third kappa shape index (κ3) is 3.45. The van der Waals surface area contributed by atoms with Gasteiger partial charge in [0.1, 0.15) is 5.75 Å². The van der Waals surface area contributed by atoms with Crippen LogP contribution in [0.2, 0.25) is 0 Å². The van der Waals surface area contributed by atoms with Crippen molar-refractivity contribution in [1.29, 1.82) is 0 Å². The summed E-state index contributed by atoms with van der Waals surface area (Å²) >= 11 is 1.82. The Balaban J connectivity index is 1.54. The van der Waals surface area contributed by atoms with Crippen molar-refractivity contribution in [2.75, 3.05) is 7.11 Å². The molecule has 6 aromatic carbocycles. The minimum absolute atomic E-state index is 0.951. The van der Waals surface area contributed by atoms with E-state index in [-0.39, 0.29) is 0 Å². The molecule has 1 aliphatic rings. The monoisotopic (exact) mass is 520 g/mol. The highest BCUT2D eigenvalue weighted by molar-refractivity contribution is 7.26. The van der Waals surface area contributed by atoms with Crippen LogP contribution < -0.4 is 4.74 Å². The molecule has 2 heteroatoms. The molecule has 0 amide bonds. The molecule has 0 radical (unpaired) electrons. The summed E-state index contributed by atoms with van der Waals surface area (Å²) in [5.41, 5.74) is 8.38. The van der Waals surface area contributed by atoms with Gasteiger partial charge in [-0.3, -0.25) is 0 Å². The average molecular weight is 521 g/mol. The Kier molecular flexibility index (Phi) is 5.24. The normalized spacial score (nSPS) is 13.4. The predicted octanol–water partition coefficient (Wildman–Crippen LogP) is 10.6. The molecule has 0 unspecified atom stereocenters. The van der Waals surface area contributed by atoms with Gasteiger partial charge in [-0.15, -0.1) is 11.3 Å². The number of fused-ring (bicyclic) bond motifs is 7. The Morgan fingerprint density at radius 2 is 1.36 bits per heavy atom. The summed E-state index contributed by atoms with van der Waals surface area (Å²) < 4.78 is 8.24. The third-order valence-electron chi connectivity index (χ3n) is 8.55. The van der Waals surface area contributed by atoms with Crippen molar-refractivity contribution in [3.8, 4) is 28.0 Å². The molecule has 1 aliphatic carbocycles. The molecule has 1 aromatic heterocycles. The van der Waals surface area contributed by atoms with Gasteiger partial charge < -0.3 is 4.74 Å². The lowest BCUT2D eigenvalue weighted by atomic mass is 9.80. The summed E-state index contributed by atoms with van der Waals surface area (Å²) in [4.78, 5) is 0. The van der Waals surface area contributed by atoms with Gasteiger partial charge in [0, 0.05) is 15.5 Å². The minimum Gasteiger partial charge on any atom is -0.495 e. The van der Waals surface area contributed by atoms with Gasteiger partial charge in [-0.2, -0.15) is 0 Å². The summed E-state index contributed by atoms with van der Waals surface area (Å²) in [7, 11) is 1.76. The van der Waals surface area contributed by atoms with Gasteiger partial charge in [-0.25, -0.2) is 0 Å². The molecule has 0 saturated heterocycles. The van der Waals surface area contributed by atoms with Gasteiger partial charge >= 0.3 is 0 Å². The number of rotatable bonds is 3. The lowest BCUT2D eigenvalue weighted by molar-refractivity contribution is 0.420. The summed E-state index contributed by atoms with van der Waals surface area (Å²) in [6.45, 7) is 0. The second kappa shape index (κ2) is 8.97. The summed E-state index contributed by atoms with van der Waals surface area (Å²) in [6.07, 6.45) is 4.86. The lowest BCUT2D eigenvalue weighted by Crippen LogP contribution is -2.05. The Labute approximate surface area is 232 Å². The molecule has 188 valence electrons. The fraction of sp³-hybridized carbons (Fsp3) is 0.135. The zero-order valence-corrected chi connectivity index (χ0v) is 22.8. The first-order valence-electron chi connectivity index (χ1n) is 13.9. The summed E-state index contributed by atoms with van der Waals surface area (Å²) in [5, 5.41) is 8.04.